The molecule has 2 heterocycles. The molecule has 1 aromatic heterocycles. The molecular formula is C20H24N4O3. The van der Waals surface area contributed by atoms with Crippen molar-refractivity contribution < 1.29 is 14.7 Å². The predicted octanol–water partition coefficient (Wildman–Crippen LogP) is 2.90. The fourth-order valence-electron chi connectivity index (χ4n) is 3.25. The zero-order valence-corrected chi connectivity index (χ0v) is 15.7. The topological polar surface area (TPSA) is 98.3 Å². The number of aromatic nitrogens is 2. The minimum atomic E-state index is -1.04. The van der Waals surface area contributed by atoms with Crippen LogP contribution in [0.15, 0.2) is 37.2 Å². The molecule has 3 N–H and O–H groups in total. The number of nitrogens with one attached hydrogen (secondary N) is 2. The number of nitrogens with zero attached hydrogens (tertiary/aromatic N) is 2. The van der Waals surface area contributed by atoms with Crippen molar-refractivity contribution in [3.8, 4) is 0 Å². The van der Waals surface area contributed by atoms with Gasteiger partial charge in [0.2, 0.25) is 0 Å². The number of imidazole rings is 1. The second-order valence-electron chi connectivity index (χ2n) is 7.43. The van der Waals surface area contributed by atoms with E-state index < -0.39 is 23.6 Å². The van der Waals surface area contributed by atoms with Gasteiger partial charge >= 0.3 is 12.0 Å². The van der Waals surface area contributed by atoms with Crippen molar-refractivity contribution in [3.63, 3.8) is 0 Å². The minimum Gasteiger partial charge on any atom is -0.480 e. The van der Waals surface area contributed by atoms with Gasteiger partial charge in [0.15, 0.2) is 0 Å². The molecule has 0 saturated heterocycles. The number of aliphatic carboxylic acids is 1. The van der Waals surface area contributed by atoms with Gasteiger partial charge in [-0.15, -0.1) is 0 Å². The fraction of sp³-hybridized carbons (Fsp3) is 0.350. The van der Waals surface area contributed by atoms with Crippen LogP contribution in [0.3, 0.4) is 0 Å². The quantitative estimate of drug-likeness (QED) is 0.773. The maximum atomic E-state index is 13.0. The molecule has 0 bridgehead atoms. The number of aromatic amines is 1. The first-order valence-electron chi connectivity index (χ1n) is 8.78. The van der Waals surface area contributed by atoms with Crippen LogP contribution in [0.25, 0.3) is 5.57 Å². The highest BCUT2D eigenvalue weighted by molar-refractivity contribution is 5.84. The van der Waals surface area contributed by atoms with Crippen molar-refractivity contribution >= 4 is 17.6 Å². The van der Waals surface area contributed by atoms with Gasteiger partial charge in [0, 0.05) is 6.42 Å². The van der Waals surface area contributed by atoms with Crippen molar-refractivity contribution in [2.45, 2.75) is 45.3 Å². The second kappa shape index (κ2) is 6.90. The van der Waals surface area contributed by atoms with Crippen LogP contribution in [0.4, 0.5) is 4.79 Å². The molecule has 27 heavy (non-hydrogen) atoms. The first-order chi connectivity index (χ1) is 12.7. The molecular weight excluding hydrogens is 344 g/mol. The van der Waals surface area contributed by atoms with Gasteiger partial charge in [0.05, 0.1) is 29.8 Å². The Morgan fingerprint density at radius 2 is 2.15 bits per heavy atom. The summed E-state index contributed by atoms with van der Waals surface area (Å²) in [6.45, 7) is 9.85. The van der Waals surface area contributed by atoms with Crippen LogP contribution in [0.1, 0.15) is 43.3 Å². The number of hydrogen-bond donors (Lipinski definition) is 3. The number of hydrogen-bond acceptors (Lipinski definition) is 3. The predicted molar refractivity (Wildman–Crippen MR) is 102 cm³/mol. The highest BCUT2D eigenvalue weighted by Gasteiger charge is 2.37. The summed E-state index contributed by atoms with van der Waals surface area (Å²) in [5.74, 6) is -1.04. The Labute approximate surface area is 158 Å². The molecule has 1 aromatic carbocycles. The lowest BCUT2D eigenvalue weighted by molar-refractivity contribution is -0.142. The van der Waals surface area contributed by atoms with Crippen LogP contribution in [0.2, 0.25) is 0 Å². The van der Waals surface area contributed by atoms with Crippen LogP contribution in [0.5, 0.6) is 0 Å². The number of fused-ring (bicyclic) bond motifs is 1. The van der Waals surface area contributed by atoms with E-state index in [0.717, 1.165) is 22.4 Å². The van der Waals surface area contributed by atoms with Crippen LogP contribution in [-0.4, -0.2) is 38.0 Å². The molecule has 0 radical (unpaired) electrons. The molecule has 0 fully saturated rings. The monoisotopic (exact) mass is 368 g/mol. The first kappa shape index (κ1) is 18.7. The van der Waals surface area contributed by atoms with Gasteiger partial charge in [0.1, 0.15) is 6.04 Å². The van der Waals surface area contributed by atoms with Gasteiger partial charge in [-0.25, -0.2) is 14.6 Å². The average Bonchev–Trinajstić information content (AvgIpc) is 3.07. The molecule has 2 amide bonds. The number of carbonyl (C=O) groups excluding carboxylic acids is 1. The number of amides is 2. The van der Waals surface area contributed by atoms with Gasteiger partial charge in [0.25, 0.3) is 0 Å². The number of carboxylic acid groups (broad SMARTS) is 1. The maximum Gasteiger partial charge on any atom is 0.326 e. The summed E-state index contributed by atoms with van der Waals surface area (Å²) in [4.78, 5) is 33.1. The normalized spacial score (nSPS) is 16.6. The molecule has 1 aliphatic heterocycles. The van der Waals surface area contributed by atoms with E-state index >= 15 is 0 Å². The molecule has 2 aromatic rings. The smallest absolute Gasteiger partial charge is 0.326 e. The highest BCUT2D eigenvalue weighted by Crippen LogP contribution is 2.26. The number of benzene rings is 1. The van der Waals surface area contributed by atoms with Gasteiger partial charge in [-0.1, -0.05) is 30.4 Å². The number of H-pyrrole nitrogens is 1. The maximum absolute atomic E-state index is 13.0. The lowest BCUT2D eigenvalue weighted by Gasteiger charge is -2.36. The summed E-state index contributed by atoms with van der Waals surface area (Å²) >= 11 is 0. The summed E-state index contributed by atoms with van der Waals surface area (Å²) in [6.07, 6.45) is 1.71. The molecule has 0 spiro atoms. The van der Waals surface area contributed by atoms with Crippen LogP contribution >= 0.6 is 0 Å². The summed E-state index contributed by atoms with van der Waals surface area (Å²) in [6, 6.07) is 6.44. The van der Waals surface area contributed by atoms with E-state index in [0.29, 0.717) is 5.69 Å². The number of rotatable bonds is 4. The molecule has 7 nitrogen and oxygen atoms in total. The highest BCUT2D eigenvalue weighted by atomic mass is 16.4. The zero-order valence-electron chi connectivity index (χ0n) is 15.7. The Bertz CT molecular complexity index is 900. The molecule has 0 saturated carbocycles. The molecule has 1 atom stereocenters. The van der Waals surface area contributed by atoms with Gasteiger partial charge in [-0.3, -0.25) is 0 Å². The number of carbonyl (C=O) groups is 2. The SMILES string of the molecule is C=C(C)c1cccc(C(C)(C)NC(=O)N2Cc3[nH]cnc3CC2C(=O)O)c1. The van der Waals surface area contributed by atoms with E-state index in [1.807, 2.05) is 45.0 Å². The van der Waals surface area contributed by atoms with E-state index in [1.165, 1.54) is 11.2 Å². The third-order valence-electron chi connectivity index (χ3n) is 4.94. The minimum absolute atomic E-state index is 0.181. The molecule has 0 aliphatic carbocycles. The second-order valence-corrected chi connectivity index (χ2v) is 7.43. The summed E-state index contributed by atoms with van der Waals surface area (Å²) < 4.78 is 0. The summed E-state index contributed by atoms with van der Waals surface area (Å²) in [5.41, 5.74) is 3.64. The Morgan fingerprint density at radius 1 is 1.41 bits per heavy atom. The number of carboxylic acids is 1. The molecule has 3 rings (SSSR count). The Kier molecular flexibility index (Phi) is 4.78. The van der Waals surface area contributed by atoms with E-state index in [-0.39, 0.29) is 13.0 Å². The van der Waals surface area contributed by atoms with Crippen molar-refractivity contribution in [1.82, 2.24) is 20.2 Å². The van der Waals surface area contributed by atoms with Gasteiger partial charge in [-0.05, 0) is 38.0 Å². The molecule has 1 unspecified atom stereocenters. The third-order valence-corrected chi connectivity index (χ3v) is 4.94. The van der Waals surface area contributed by atoms with E-state index in [1.54, 1.807) is 0 Å². The van der Waals surface area contributed by atoms with E-state index in [9.17, 15) is 14.7 Å². The third kappa shape index (κ3) is 3.72. The molecule has 142 valence electrons. The Balaban J connectivity index is 1.83. The van der Waals surface area contributed by atoms with Crippen LogP contribution in [0, 0.1) is 0 Å². The van der Waals surface area contributed by atoms with E-state index in [4.69, 9.17) is 0 Å². The summed E-state index contributed by atoms with van der Waals surface area (Å²) in [7, 11) is 0. The fourth-order valence-corrected chi connectivity index (χ4v) is 3.25. The standard InChI is InChI=1S/C20H24N4O3/c1-12(2)13-6-5-7-14(8-13)20(3,4)23-19(27)24-10-16-15(21-11-22-16)9-17(24)18(25)26/h5-8,11,17H,1,9-10H2,2-4H3,(H,21,22)(H,23,27)(H,25,26). The molecule has 1 aliphatic rings. The molecule has 7 heteroatoms. The van der Waals surface area contributed by atoms with Crippen LogP contribution in [-0.2, 0) is 23.3 Å². The number of urea groups is 1. The largest absolute Gasteiger partial charge is 0.480 e. The van der Waals surface area contributed by atoms with Gasteiger partial charge < -0.3 is 20.3 Å². The lowest BCUT2D eigenvalue weighted by Crippen LogP contribution is -2.55. The Hall–Kier alpha value is -3.09. The van der Waals surface area contributed by atoms with E-state index in [2.05, 4.69) is 21.9 Å². The van der Waals surface area contributed by atoms with Crippen molar-refractivity contribution in [3.05, 3.63) is 59.7 Å². The lowest BCUT2D eigenvalue weighted by atomic mass is 9.91. The summed E-state index contributed by atoms with van der Waals surface area (Å²) in [5, 5.41) is 12.5. The average molecular weight is 368 g/mol. The first-order valence-corrected chi connectivity index (χ1v) is 8.78. The van der Waals surface area contributed by atoms with Crippen molar-refractivity contribution in [2.24, 2.45) is 0 Å². The Morgan fingerprint density at radius 3 is 2.81 bits per heavy atom. The van der Waals surface area contributed by atoms with Gasteiger partial charge in [-0.2, -0.15) is 0 Å². The van der Waals surface area contributed by atoms with Crippen molar-refractivity contribution in [1.29, 1.82) is 0 Å². The zero-order chi connectivity index (χ0) is 19.8. The number of allylic oxidation sites excluding steroid dienone is 1. The van der Waals surface area contributed by atoms with Crippen molar-refractivity contribution in [2.75, 3.05) is 0 Å². The van der Waals surface area contributed by atoms with Crippen LogP contribution < -0.4 is 5.32 Å².